The maximum absolute atomic E-state index is 12.4. The van der Waals surface area contributed by atoms with Gasteiger partial charge in [0.1, 0.15) is 11.5 Å². The zero-order valence-electron chi connectivity index (χ0n) is 11.1. The number of para-hydroxylation sites is 2. The summed E-state index contributed by atoms with van der Waals surface area (Å²) in [6.07, 6.45) is 0. The summed E-state index contributed by atoms with van der Waals surface area (Å²) in [5.74, 6) is 0.823. The Labute approximate surface area is 117 Å². The van der Waals surface area contributed by atoms with E-state index in [1.807, 2.05) is 55.5 Å². The minimum absolute atomic E-state index is 0.185. The van der Waals surface area contributed by atoms with Gasteiger partial charge in [0.25, 0.3) is 5.91 Å². The van der Waals surface area contributed by atoms with Crippen LogP contribution in [0.5, 0.6) is 11.5 Å². The third-order valence-electron chi connectivity index (χ3n) is 3.26. The van der Waals surface area contributed by atoms with Crippen molar-refractivity contribution in [1.82, 2.24) is 5.48 Å². The Balaban J connectivity index is 2.05. The molecule has 0 saturated heterocycles. The molecule has 0 saturated carbocycles. The van der Waals surface area contributed by atoms with E-state index in [1.165, 1.54) is 0 Å². The smallest absolute Gasteiger partial charge is 0.255 e. The van der Waals surface area contributed by atoms with E-state index >= 15 is 0 Å². The molecule has 0 aromatic heterocycles. The van der Waals surface area contributed by atoms with Gasteiger partial charge in [-0.15, -0.1) is 0 Å². The second-order valence-corrected chi connectivity index (χ2v) is 4.51. The average Bonchev–Trinajstić information content (AvgIpc) is 2.50. The van der Waals surface area contributed by atoms with E-state index < -0.39 is 5.92 Å². The highest BCUT2D eigenvalue weighted by molar-refractivity contribution is 5.88. The molecular formula is C16H15NO3. The number of carbonyl (C=O) groups is 1. The van der Waals surface area contributed by atoms with Crippen molar-refractivity contribution in [2.75, 3.05) is 6.61 Å². The standard InChI is InChI=1S/C16H15NO3/c1-2-19-17-16(18)15-11-7-3-5-9-13(11)20-14-10-6-4-8-12(14)15/h3-10,15H,2H2,1H3,(H,17,18). The molecule has 0 radical (unpaired) electrons. The lowest BCUT2D eigenvalue weighted by Gasteiger charge is -2.27. The predicted molar refractivity (Wildman–Crippen MR) is 74.6 cm³/mol. The van der Waals surface area contributed by atoms with E-state index in [-0.39, 0.29) is 5.91 Å². The molecule has 0 fully saturated rings. The molecule has 2 aromatic rings. The molecule has 1 N–H and O–H groups in total. The van der Waals surface area contributed by atoms with Gasteiger partial charge >= 0.3 is 0 Å². The molecule has 0 unspecified atom stereocenters. The maximum Gasteiger partial charge on any atom is 0.255 e. The Hall–Kier alpha value is -2.33. The van der Waals surface area contributed by atoms with Gasteiger partial charge in [0, 0.05) is 11.1 Å². The third kappa shape index (κ3) is 2.14. The average molecular weight is 269 g/mol. The fraction of sp³-hybridized carbons (Fsp3) is 0.188. The lowest BCUT2D eigenvalue weighted by molar-refractivity contribution is -0.133. The first-order chi connectivity index (χ1) is 9.81. The molecule has 1 amide bonds. The number of hydroxylamine groups is 1. The molecule has 102 valence electrons. The monoisotopic (exact) mass is 269 g/mol. The molecule has 20 heavy (non-hydrogen) atoms. The Kier molecular flexibility index (Phi) is 3.39. The van der Waals surface area contributed by atoms with Gasteiger partial charge in [0.05, 0.1) is 12.5 Å². The highest BCUT2D eigenvalue weighted by Gasteiger charge is 2.32. The highest BCUT2D eigenvalue weighted by atomic mass is 16.6. The van der Waals surface area contributed by atoms with Crippen LogP contribution in [0.25, 0.3) is 0 Å². The van der Waals surface area contributed by atoms with Gasteiger partial charge < -0.3 is 4.74 Å². The van der Waals surface area contributed by atoms with Gasteiger partial charge in [-0.2, -0.15) is 0 Å². The first-order valence-electron chi connectivity index (χ1n) is 6.58. The summed E-state index contributed by atoms with van der Waals surface area (Å²) in [7, 11) is 0. The van der Waals surface area contributed by atoms with Crippen molar-refractivity contribution in [3.05, 3.63) is 59.7 Å². The minimum atomic E-state index is -0.414. The van der Waals surface area contributed by atoms with Crippen LogP contribution < -0.4 is 10.2 Å². The number of nitrogens with one attached hydrogen (secondary N) is 1. The normalized spacial score (nSPS) is 13.1. The number of amides is 1. The number of ether oxygens (including phenoxy) is 1. The zero-order chi connectivity index (χ0) is 13.9. The Bertz CT molecular complexity index is 594. The zero-order valence-corrected chi connectivity index (χ0v) is 11.1. The fourth-order valence-electron chi connectivity index (χ4n) is 2.39. The number of fused-ring (bicyclic) bond motifs is 2. The molecule has 3 rings (SSSR count). The molecule has 0 spiro atoms. The van der Waals surface area contributed by atoms with Crippen LogP contribution in [0.4, 0.5) is 0 Å². The molecular weight excluding hydrogens is 254 g/mol. The van der Waals surface area contributed by atoms with Crippen LogP contribution in [0.1, 0.15) is 24.0 Å². The first-order valence-corrected chi connectivity index (χ1v) is 6.58. The van der Waals surface area contributed by atoms with Crippen molar-refractivity contribution in [1.29, 1.82) is 0 Å². The highest BCUT2D eigenvalue weighted by Crippen LogP contribution is 2.43. The van der Waals surface area contributed by atoms with Gasteiger partial charge in [-0.25, -0.2) is 5.48 Å². The number of benzene rings is 2. The third-order valence-corrected chi connectivity index (χ3v) is 3.26. The van der Waals surface area contributed by atoms with E-state index in [2.05, 4.69) is 5.48 Å². The molecule has 0 bridgehead atoms. The second kappa shape index (κ2) is 5.35. The Morgan fingerprint density at radius 3 is 2.20 bits per heavy atom. The summed E-state index contributed by atoms with van der Waals surface area (Å²) in [5, 5.41) is 0. The number of carbonyl (C=O) groups excluding carboxylic acids is 1. The van der Waals surface area contributed by atoms with Crippen LogP contribution in [0.3, 0.4) is 0 Å². The van der Waals surface area contributed by atoms with Crippen molar-refractivity contribution >= 4 is 5.91 Å². The summed E-state index contributed by atoms with van der Waals surface area (Å²) in [5.41, 5.74) is 4.19. The summed E-state index contributed by atoms with van der Waals surface area (Å²) in [6.45, 7) is 2.25. The van der Waals surface area contributed by atoms with E-state index in [4.69, 9.17) is 9.57 Å². The first kappa shape index (κ1) is 12.7. The van der Waals surface area contributed by atoms with Crippen LogP contribution in [0, 0.1) is 0 Å². The number of hydrogen-bond donors (Lipinski definition) is 1. The van der Waals surface area contributed by atoms with Crippen LogP contribution in [-0.2, 0) is 9.63 Å². The van der Waals surface area contributed by atoms with Crippen LogP contribution >= 0.6 is 0 Å². The topological polar surface area (TPSA) is 47.6 Å². The number of rotatable bonds is 3. The van der Waals surface area contributed by atoms with Crippen molar-refractivity contribution in [2.24, 2.45) is 0 Å². The SMILES string of the molecule is CCONC(=O)C1c2ccccc2Oc2ccccc21. The molecule has 2 aromatic carbocycles. The van der Waals surface area contributed by atoms with Crippen molar-refractivity contribution in [3.8, 4) is 11.5 Å². The molecule has 1 heterocycles. The second-order valence-electron chi connectivity index (χ2n) is 4.51. The van der Waals surface area contributed by atoms with Crippen LogP contribution in [0.2, 0.25) is 0 Å². The summed E-state index contributed by atoms with van der Waals surface area (Å²) >= 11 is 0. The summed E-state index contributed by atoms with van der Waals surface area (Å²) in [6, 6.07) is 15.1. The molecule has 0 atom stereocenters. The van der Waals surface area contributed by atoms with E-state index in [0.717, 1.165) is 11.1 Å². The molecule has 4 heteroatoms. The molecule has 4 nitrogen and oxygen atoms in total. The van der Waals surface area contributed by atoms with Crippen molar-refractivity contribution in [3.63, 3.8) is 0 Å². The van der Waals surface area contributed by atoms with Gasteiger partial charge in [0.15, 0.2) is 0 Å². The van der Waals surface area contributed by atoms with Crippen LogP contribution in [0.15, 0.2) is 48.5 Å². The summed E-state index contributed by atoms with van der Waals surface area (Å²) in [4.78, 5) is 17.4. The lowest BCUT2D eigenvalue weighted by atomic mass is 9.87. The predicted octanol–water partition coefficient (Wildman–Crippen LogP) is 2.99. The maximum atomic E-state index is 12.4. The quantitative estimate of drug-likeness (QED) is 0.871. The van der Waals surface area contributed by atoms with E-state index in [0.29, 0.717) is 18.1 Å². The van der Waals surface area contributed by atoms with Crippen molar-refractivity contribution in [2.45, 2.75) is 12.8 Å². The Morgan fingerprint density at radius 1 is 1.10 bits per heavy atom. The fourth-order valence-corrected chi connectivity index (χ4v) is 2.39. The minimum Gasteiger partial charge on any atom is -0.457 e. The van der Waals surface area contributed by atoms with Crippen molar-refractivity contribution < 1.29 is 14.4 Å². The summed E-state index contributed by atoms with van der Waals surface area (Å²) < 4.78 is 5.84. The lowest BCUT2D eigenvalue weighted by Crippen LogP contribution is -2.31. The number of hydrogen-bond acceptors (Lipinski definition) is 3. The molecule has 1 aliphatic rings. The Morgan fingerprint density at radius 2 is 1.65 bits per heavy atom. The van der Waals surface area contributed by atoms with Gasteiger partial charge in [0.2, 0.25) is 0 Å². The molecule has 0 aliphatic carbocycles. The van der Waals surface area contributed by atoms with Gasteiger partial charge in [-0.1, -0.05) is 36.4 Å². The van der Waals surface area contributed by atoms with Gasteiger partial charge in [-0.3, -0.25) is 9.63 Å². The van der Waals surface area contributed by atoms with E-state index in [9.17, 15) is 4.79 Å². The molecule has 1 aliphatic heterocycles. The van der Waals surface area contributed by atoms with Crippen LogP contribution in [-0.4, -0.2) is 12.5 Å². The largest absolute Gasteiger partial charge is 0.457 e. The van der Waals surface area contributed by atoms with E-state index in [1.54, 1.807) is 0 Å². The van der Waals surface area contributed by atoms with Gasteiger partial charge in [-0.05, 0) is 19.1 Å².